The highest BCUT2D eigenvalue weighted by Crippen LogP contribution is 2.24. The van der Waals surface area contributed by atoms with Gasteiger partial charge in [-0.3, -0.25) is 9.69 Å². The van der Waals surface area contributed by atoms with Crippen molar-refractivity contribution in [2.24, 2.45) is 0 Å². The normalized spacial score (nSPS) is 16.5. The summed E-state index contributed by atoms with van der Waals surface area (Å²) in [5, 5.41) is 0.887. The van der Waals surface area contributed by atoms with Gasteiger partial charge in [-0.25, -0.2) is 4.98 Å². The van der Waals surface area contributed by atoms with E-state index in [1.165, 1.54) is 18.4 Å². The Bertz CT molecular complexity index is 1020. The Morgan fingerprint density at radius 3 is 2.38 bits per heavy atom. The second-order valence-corrected chi connectivity index (χ2v) is 8.55. The Balaban J connectivity index is 1.50. The lowest BCUT2D eigenvalue weighted by Crippen LogP contribution is -2.35. The highest BCUT2D eigenvalue weighted by atomic mass is 16.5. The van der Waals surface area contributed by atoms with E-state index < -0.39 is 0 Å². The monoisotopic (exact) mass is 431 g/mol. The first-order valence-electron chi connectivity index (χ1n) is 11.7. The van der Waals surface area contributed by atoms with Crippen LogP contribution in [0.1, 0.15) is 48.0 Å². The second kappa shape index (κ2) is 11.1. The first-order chi connectivity index (χ1) is 15.7. The van der Waals surface area contributed by atoms with Gasteiger partial charge in [-0.2, -0.15) is 0 Å². The third-order valence-corrected chi connectivity index (χ3v) is 6.22. The van der Waals surface area contributed by atoms with Gasteiger partial charge in [0.25, 0.3) is 5.91 Å². The molecule has 1 aromatic heterocycles. The predicted molar refractivity (Wildman–Crippen MR) is 129 cm³/mol. The number of ether oxygens (including phenoxy) is 1. The lowest BCUT2D eigenvalue weighted by atomic mass is 10.1. The van der Waals surface area contributed by atoms with Crippen LogP contribution < -0.4 is 4.74 Å². The summed E-state index contributed by atoms with van der Waals surface area (Å²) in [5.41, 5.74) is 2.83. The van der Waals surface area contributed by atoms with Gasteiger partial charge in [0.15, 0.2) is 0 Å². The molecule has 32 heavy (non-hydrogen) atoms. The minimum Gasteiger partial charge on any atom is -0.481 e. The van der Waals surface area contributed by atoms with E-state index in [4.69, 9.17) is 4.74 Å². The maximum Gasteiger partial charge on any atom is 0.254 e. The van der Waals surface area contributed by atoms with Crippen LogP contribution in [0.15, 0.2) is 60.7 Å². The Labute approximate surface area is 191 Å². The topological polar surface area (TPSA) is 45.7 Å². The van der Waals surface area contributed by atoms with Crippen molar-refractivity contribution >= 4 is 16.8 Å². The number of hydrogen-bond donors (Lipinski definition) is 0. The molecule has 0 N–H and O–H groups in total. The van der Waals surface area contributed by atoms with Gasteiger partial charge in [-0.15, -0.1) is 0 Å². The number of nitrogens with zero attached hydrogens (tertiary/aromatic N) is 3. The number of aromatic nitrogens is 1. The summed E-state index contributed by atoms with van der Waals surface area (Å²) in [6.07, 6.45) is 5.60. The molecule has 4 rings (SSSR count). The molecule has 0 atom stereocenters. The van der Waals surface area contributed by atoms with Gasteiger partial charge >= 0.3 is 0 Å². The zero-order valence-corrected chi connectivity index (χ0v) is 19.0. The number of rotatable bonds is 4. The maximum atomic E-state index is 13.6. The van der Waals surface area contributed by atoms with Gasteiger partial charge in [0, 0.05) is 37.6 Å². The molecule has 1 fully saturated rings. The first kappa shape index (κ1) is 22.3. The summed E-state index contributed by atoms with van der Waals surface area (Å²) < 4.78 is 5.38. The first-order valence-corrected chi connectivity index (χ1v) is 11.7. The van der Waals surface area contributed by atoms with Crippen LogP contribution in [-0.4, -0.2) is 54.0 Å². The molecule has 2 aromatic carbocycles. The molecular formula is C27H33N3O2. The summed E-state index contributed by atoms with van der Waals surface area (Å²) in [7, 11) is 1.60. The Kier molecular flexibility index (Phi) is 7.73. The molecule has 1 saturated heterocycles. The molecule has 3 aromatic rings. The zero-order valence-electron chi connectivity index (χ0n) is 19.0. The van der Waals surface area contributed by atoms with E-state index in [2.05, 4.69) is 40.2 Å². The quantitative estimate of drug-likeness (QED) is 0.573. The van der Waals surface area contributed by atoms with Crippen molar-refractivity contribution in [3.63, 3.8) is 0 Å². The lowest BCUT2D eigenvalue weighted by molar-refractivity contribution is 0.0747. The fraction of sp³-hybridized carbons (Fsp3) is 0.407. The van der Waals surface area contributed by atoms with E-state index in [1.807, 2.05) is 29.2 Å². The Morgan fingerprint density at radius 2 is 1.56 bits per heavy atom. The number of pyridine rings is 1. The summed E-state index contributed by atoms with van der Waals surface area (Å²) in [5.74, 6) is 0.565. The van der Waals surface area contributed by atoms with Crippen molar-refractivity contribution in [2.75, 3.05) is 33.3 Å². The minimum absolute atomic E-state index is 0.0794. The number of hydrogen-bond acceptors (Lipinski definition) is 4. The molecule has 5 heteroatoms. The zero-order chi connectivity index (χ0) is 22.2. The van der Waals surface area contributed by atoms with E-state index in [0.717, 1.165) is 62.9 Å². The number of fused-ring (bicyclic) bond motifs is 1. The third kappa shape index (κ3) is 5.65. The van der Waals surface area contributed by atoms with Gasteiger partial charge in [0.1, 0.15) is 0 Å². The fourth-order valence-electron chi connectivity index (χ4n) is 4.51. The van der Waals surface area contributed by atoms with E-state index in [1.54, 1.807) is 13.2 Å². The number of amides is 1. The highest BCUT2D eigenvalue weighted by Gasteiger charge is 2.20. The highest BCUT2D eigenvalue weighted by molar-refractivity contribution is 6.06. The van der Waals surface area contributed by atoms with Gasteiger partial charge in [0.2, 0.25) is 5.88 Å². The van der Waals surface area contributed by atoms with Crippen molar-refractivity contribution in [2.45, 2.75) is 38.6 Å². The Hall–Kier alpha value is -2.92. The molecule has 0 spiro atoms. The van der Waals surface area contributed by atoms with E-state index in [9.17, 15) is 4.79 Å². The van der Waals surface area contributed by atoms with Gasteiger partial charge in [-0.1, -0.05) is 61.4 Å². The number of para-hydroxylation sites is 1. The van der Waals surface area contributed by atoms with Crippen LogP contribution in [0, 0.1) is 0 Å². The van der Waals surface area contributed by atoms with Crippen molar-refractivity contribution in [1.82, 2.24) is 14.8 Å². The van der Waals surface area contributed by atoms with Crippen molar-refractivity contribution in [3.8, 4) is 5.88 Å². The molecule has 1 aliphatic rings. The van der Waals surface area contributed by atoms with Gasteiger partial charge in [0.05, 0.1) is 18.2 Å². The van der Waals surface area contributed by atoms with Crippen LogP contribution >= 0.6 is 0 Å². The molecule has 0 saturated carbocycles. The summed E-state index contributed by atoms with van der Waals surface area (Å²) >= 11 is 0. The molecule has 0 bridgehead atoms. The van der Waals surface area contributed by atoms with Gasteiger partial charge in [-0.05, 0) is 37.4 Å². The molecule has 1 amide bonds. The molecule has 0 unspecified atom stereocenters. The average Bonchev–Trinajstić information content (AvgIpc) is 2.89. The van der Waals surface area contributed by atoms with E-state index >= 15 is 0 Å². The van der Waals surface area contributed by atoms with E-state index in [0.29, 0.717) is 11.4 Å². The molecule has 2 heterocycles. The standard InChI is InChI=1S/C27H33N3O2/c1-32-26-20-24(23-14-7-8-15-25(23)28-26)27(31)30-18-10-3-2-9-16-29(17-11-19-30)21-22-12-5-4-6-13-22/h4-8,12-15,20H,2-3,9-11,16-19,21H2,1H3. The molecule has 0 aliphatic carbocycles. The molecule has 1 aliphatic heterocycles. The van der Waals surface area contributed by atoms with Crippen molar-refractivity contribution < 1.29 is 9.53 Å². The minimum atomic E-state index is 0.0794. The smallest absolute Gasteiger partial charge is 0.254 e. The van der Waals surface area contributed by atoms with Crippen LogP contribution in [-0.2, 0) is 6.54 Å². The number of carbonyl (C=O) groups excluding carboxylic acids is 1. The average molecular weight is 432 g/mol. The SMILES string of the molecule is COc1cc(C(=O)N2CCCCCCN(Cc3ccccc3)CCC2)c2ccccc2n1. The van der Waals surface area contributed by atoms with Crippen molar-refractivity contribution in [1.29, 1.82) is 0 Å². The van der Waals surface area contributed by atoms with Crippen LogP contribution in [0.4, 0.5) is 0 Å². The van der Waals surface area contributed by atoms with Crippen LogP contribution in [0.5, 0.6) is 5.88 Å². The van der Waals surface area contributed by atoms with Crippen molar-refractivity contribution in [3.05, 3.63) is 71.8 Å². The van der Waals surface area contributed by atoms with Crippen LogP contribution in [0.3, 0.4) is 0 Å². The van der Waals surface area contributed by atoms with E-state index in [-0.39, 0.29) is 5.91 Å². The lowest BCUT2D eigenvalue weighted by Gasteiger charge is -2.26. The number of methoxy groups -OCH3 is 1. The maximum absolute atomic E-state index is 13.6. The number of carbonyl (C=O) groups is 1. The number of benzene rings is 2. The molecule has 168 valence electrons. The largest absolute Gasteiger partial charge is 0.481 e. The summed E-state index contributed by atoms with van der Waals surface area (Å²) in [6.45, 7) is 4.66. The third-order valence-electron chi connectivity index (χ3n) is 6.22. The molecule has 5 nitrogen and oxygen atoms in total. The molecular weight excluding hydrogens is 398 g/mol. The molecule has 0 radical (unpaired) electrons. The summed E-state index contributed by atoms with van der Waals surface area (Å²) in [4.78, 5) is 22.7. The van der Waals surface area contributed by atoms with Crippen LogP contribution in [0.2, 0.25) is 0 Å². The van der Waals surface area contributed by atoms with Crippen LogP contribution in [0.25, 0.3) is 10.9 Å². The fourth-order valence-corrected chi connectivity index (χ4v) is 4.51. The Morgan fingerprint density at radius 1 is 0.875 bits per heavy atom. The summed E-state index contributed by atoms with van der Waals surface area (Å²) in [6, 6.07) is 20.3. The second-order valence-electron chi connectivity index (χ2n) is 8.55. The van der Waals surface area contributed by atoms with Gasteiger partial charge < -0.3 is 9.64 Å². The predicted octanol–water partition coefficient (Wildman–Crippen LogP) is 5.15.